The van der Waals surface area contributed by atoms with Gasteiger partial charge in [-0.3, -0.25) is 4.79 Å². The van der Waals surface area contributed by atoms with Crippen molar-refractivity contribution >= 4 is 11.6 Å². The van der Waals surface area contributed by atoms with Gasteiger partial charge in [-0.05, 0) is 36.9 Å². The molecule has 0 saturated carbocycles. The second kappa shape index (κ2) is 6.85. The zero-order valence-corrected chi connectivity index (χ0v) is 11.9. The molecule has 2 aromatic carbocycles. The summed E-state index contributed by atoms with van der Waals surface area (Å²) in [4.78, 5) is 12.1. The predicted octanol–water partition coefficient (Wildman–Crippen LogP) is 2.81. The quantitative estimate of drug-likeness (QED) is 0.889. The number of halogens is 1. The van der Waals surface area contributed by atoms with Crippen molar-refractivity contribution in [1.82, 2.24) is 5.32 Å². The van der Waals surface area contributed by atoms with Gasteiger partial charge in [0.05, 0.1) is 12.7 Å². The largest absolute Gasteiger partial charge is 0.497 e. The van der Waals surface area contributed by atoms with Crippen LogP contribution in [0.15, 0.2) is 42.5 Å². The first-order chi connectivity index (χ1) is 10.1. The van der Waals surface area contributed by atoms with Crippen LogP contribution in [-0.4, -0.2) is 20.1 Å². The average molecular weight is 288 g/mol. The summed E-state index contributed by atoms with van der Waals surface area (Å²) in [6, 6.07) is 11.5. The Hall–Kier alpha value is -2.40. The summed E-state index contributed by atoms with van der Waals surface area (Å²) >= 11 is 0. The number of amides is 1. The highest BCUT2D eigenvalue weighted by Crippen LogP contribution is 2.18. The summed E-state index contributed by atoms with van der Waals surface area (Å²) in [5, 5.41) is 5.72. The molecule has 2 N–H and O–H groups in total. The summed E-state index contributed by atoms with van der Waals surface area (Å²) in [5.41, 5.74) is 1.64. The maximum atomic E-state index is 13.8. The van der Waals surface area contributed by atoms with Gasteiger partial charge in [-0.1, -0.05) is 12.1 Å². The van der Waals surface area contributed by atoms with E-state index in [2.05, 4.69) is 10.6 Å². The summed E-state index contributed by atoms with van der Waals surface area (Å²) in [5.74, 6) is -0.727. The Bertz CT molecular complexity index is 644. The molecule has 0 radical (unpaired) electrons. The van der Waals surface area contributed by atoms with Crippen LogP contribution in [0.25, 0.3) is 0 Å². The lowest BCUT2D eigenvalue weighted by Crippen LogP contribution is -2.14. The molecule has 0 fully saturated rings. The van der Waals surface area contributed by atoms with Gasteiger partial charge in [-0.2, -0.15) is 0 Å². The fourth-order valence-corrected chi connectivity index (χ4v) is 1.97. The highest BCUT2D eigenvalue weighted by atomic mass is 19.1. The monoisotopic (exact) mass is 288 g/mol. The lowest BCUT2D eigenvalue weighted by molar-refractivity contribution is 0.102. The number of hydrogen-bond donors (Lipinski definition) is 2. The topological polar surface area (TPSA) is 50.4 Å². The molecular weight excluding hydrogens is 271 g/mol. The third-order valence-corrected chi connectivity index (χ3v) is 2.99. The summed E-state index contributed by atoms with van der Waals surface area (Å²) < 4.78 is 18.8. The van der Waals surface area contributed by atoms with Crippen molar-refractivity contribution < 1.29 is 13.9 Å². The normalized spacial score (nSPS) is 10.2. The molecule has 1 amide bonds. The van der Waals surface area contributed by atoms with Crippen molar-refractivity contribution in [2.75, 3.05) is 19.5 Å². The Kier molecular flexibility index (Phi) is 4.90. The fourth-order valence-electron chi connectivity index (χ4n) is 1.97. The lowest BCUT2D eigenvalue weighted by atomic mass is 10.1. The van der Waals surface area contributed by atoms with Crippen LogP contribution >= 0.6 is 0 Å². The van der Waals surface area contributed by atoms with Crippen LogP contribution in [-0.2, 0) is 6.54 Å². The minimum absolute atomic E-state index is 0.0187. The zero-order valence-electron chi connectivity index (χ0n) is 11.9. The van der Waals surface area contributed by atoms with Crippen LogP contribution < -0.4 is 15.4 Å². The van der Waals surface area contributed by atoms with E-state index in [0.29, 0.717) is 18.0 Å². The second-order valence-electron chi connectivity index (χ2n) is 4.53. The van der Waals surface area contributed by atoms with Crippen molar-refractivity contribution in [3.05, 3.63) is 59.4 Å². The molecule has 21 heavy (non-hydrogen) atoms. The number of methoxy groups -OCH3 is 1. The highest BCUT2D eigenvalue weighted by molar-refractivity contribution is 6.04. The molecule has 4 nitrogen and oxygen atoms in total. The molecule has 0 heterocycles. The van der Waals surface area contributed by atoms with Gasteiger partial charge in [-0.25, -0.2) is 4.39 Å². The van der Waals surface area contributed by atoms with E-state index in [-0.39, 0.29) is 5.56 Å². The van der Waals surface area contributed by atoms with E-state index < -0.39 is 11.7 Å². The SMILES string of the molecule is CNCc1cccc(NC(=O)c2ccc(OC)cc2F)c1. The first-order valence-corrected chi connectivity index (χ1v) is 6.52. The Morgan fingerprint density at radius 3 is 2.71 bits per heavy atom. The zero-order chi connectivity index (χ0) is 15.2. The predicted molar refractivity (Wildman–Crippen MR) is 80.1 cm³/mol. The molecule has 0 aliphatic heterocycles. The number of benzene rings is 2. The molecular formula is C16H17FN2O2. The Morgan fingerprint density at radius 1 is 1.24 bits per heavy atom. The van der Waals surface area contributed by atoms with Crippen LogP contribution in [0.2, 0.25) is 0 Å². The molecule has 5 heteroatoms. The molecule has 2 aromatic rings. The maximum Gasteiger partial charge on any atom is 0.258 e. The molecule has 110 valence electrons. The van der Waals surface area contributed by atoms with Crippen LogP contribution in [0.4, 0.5) is 10.1 Å². The van der Waals surface area contributed by atoms with Crippen LogP contribution in [0.1, 0.15) is 15.9 Å². The molecule has 0 aromatic heterocycles. The summed E-state index contributed by atoms with van der Waals surface area (Å²) in [6.07, 6.45) is 0. The number of carbonyl (C=O) groups is 1. The van der Waals surface area contributed by atoms with Gasteiger partial charge in [0.1, 0.15) is 11.6 Å². The standard InChI is InChI=1S/C16H17FN2O2/c1-18-10-11-4-3-5-12(8-11)19-16(20)14-7-6-13(21-2)9-15(14)17/h3-9,18H,10H2,1-2H3,(H,19,20). The maximum absolute atomic E-state index is 13.8. The molecule has 0 aliphatic carbocycles. The van der Waals surface area contributed by atoms with E-state index in [0.717, 1.165) is 5.56 Å². The number of nitrogens with one attached hydrogen (secondary N) is 2. The van der Waals surface area contributed by atoms with Gasteiger partial charge in [0.15, 0.2) is 0 Å². The van der Waals surface area contributed by atoms with E-state index in [1.807, 2.05) is 25.2 Å². The van der Waals surface area contributed by atoms with Crippen molar-refractivity contribution in [2.45, 2.75) is 6.54 Å². The first kappa shape index (κ1) is 15.0. The van der Waals surface area contributed by atoms with E-state index in [4.69, 9.17) is 4.74 Å². The number of anilines is 1. The van der Waals surface area contributed by atoms with Crippen LogP contribution in [0.3, 0.4) is 0 Å². The van der Waals surface area contributed by atoms with Crippen LogP contribution in [0.5, 0.6) is 5.75 Å². The van der Waals surface area contributed by atoms with E-state index in [1.165, 1.54) is 19.2 Å². The van der Waals surface area contributed by atoms with Crippen molar-refractivity contribution in [3.63, 3.8) is 0 Å². The number of ether oxygens (including phenoxy) is 1. The van der Waals surface area contributed by atoms with Gasteiger partial charge in [0, 0.05) is 18.3 Å². The highest BCUT2D eigenvalue weighted by Gasteiger charge is 2.12. The van der Waals surface area contributed by atoms with Crippen LogP contribution in [0, 0.1) is 5.82 Å². The summed E-state index contributed by atoms with van der Waals surface area (Å²) in [6.45, 7) is 0.695. The Morgan fingerprint density at radius 2 is 2.05 bits per heavy atom. The number of hydrogen-bond acceptors (Lipinski definition) is 3. The molecule has 2 rings (SSSR count). The molecule has 0 spiro atoms. The van der Waals surface area contributed by atoms with Crippen molar-refractivity contribution in [1.29, 1.82) is 0 Å². The lowest BCUT2D eigenvalue weighted by Gasteiger charge is -2.09. The number of carbonyl (C=O) groups excluding carboxylic acids is 1. The van der Waals surface area contributed by atoms with Gasteiger partial charge in [0.2, 0.25) is 0 Å². The van der Waals surface area contributed by atoms with E-state index in [9.17, 15) is 9.18 Å². The molecule has 0 saturated heterocycles. The minimum Gasteiger partial charge on any atom is -0.497 e. The Balaban J connectivity index is 2.16. The van der Waals surface area contributed by atoms with Gasteiger partial charge in [-0.15, -0.1) is 0 Å². The van der Waals surface area contributed by atoms with Gasteiger partial charge in [0.25, 0.3) is 5.91 Å². The fraction of sp³-hybridized carbons (Fsp3) is 0.188. The summed E-state index contributed by atoms with van der Waals surface area (Å²) in [7, 11) is 3.29. The van der Waals surface area contributed by atoms with Gasteiger partial charge >= 0.3 is 0 Å². The van der Waals surface area contributed by atoms with E-state index >= 15 is 0 Å². The van der Waals surface area contributed by atoms with Gasteiger partial charge < -0.3 is 15.4 Å². The third kappa shape index (κ3) is 3.79. The molecule has 0 atom stereocenters. The number of rotatable bonds is 5. The second-order valence-corrected chi connectivity index (χ2v) is 4.53. The first-order valence-electron chi connectivity index (χ1n) is 6.52. The minimum atomic E-state index is -0.613. The smallest absolute Gasteiger partial charge is 0.258 e. The van der Waals surface area contributed by atoms with Crippen molar-refractivity contribution in [2.24, 2.45) is 0 Å². The average Bonchev–Trinajstić information content (AvgIpc) is 2.47. The van der Waals surface area contributed by atoms with E-state index in [1.54, 1.807) is 12.1 Å². The Labute approximate surface area is 122 Å². The molecule has 0 aliphatic rings. The van der Waals surface area contributed by atoms with Crippen molar-refractivity contribution in [3.8, 4) is 5.75 Å². The molecule has 0 unspecified atom stereocenters. The third-order valence-electron chi connectivity index (χ3n) is 2.99. The molecule has 0 bridgehead atoms.